The maximum atomic E-state index is 10.9. The normalized spacial score (nSPS) is 53.1. The second kappa shape index (κ2) is 7.24. The van der Waals surface area contributed by atoms with E-state index < -0.39 is 0 Å². The Kier molecular flexibility index (Phi) is 5.36. The van der Waals surface area contributed by atoms with Crippen molar-refractivity contribution in [2.45, 2.75) is 132 Å². The van der Waals surface area contributed by atoms with Crippen molar-refractivity contribution < 1.29 is 5.11 Å². The Balaban J connectivity index is 1.40. The van der Waals surface area contributed by atoms with Gasteiger partial charge >= 0.3 is 0 Å². The molecule has 0 unspecified atom stereocenters. The van der Waals surface area contributed by atoms with Crippen molar-refractivity contribution in [2.75, 3.05) is 0 Å². The predicted octanol–water partition coefficient (Wildman–Crippen LogP) is 8.49. The maximum absolute atomic E-state index is 10.9. The quantitative estimate of drug-likeness (QED) is 0.452. The Morgan fingerprint density at radius 1 is 0.719 bits per heavy atom. The van der Waals surface area contributed by atoms with Crippen LogP contribution >= 0.6 is 0 Å². The van der Waals surface area contributed by atoms with E-state index in [1.807, 2.05) is 0 Å². The van der Waals surface area contributed by atoms with Crippen molar-refractivity contribution in [3.8, 4) is 0 Å². The van der Waals surface area contributed by atoms with Crippen molar-refractivity contribution in [3.63, 3.8) is 0 Å². The molecular weight excluding hydrogens is 388 g/mol. The molecule has 32 heavy (non-hydrogen) atoms. The van der Waals surface area contributed by atoms with Gasteiger partial charge in [-0.25, -0.2) is 0 Å². The number of hydrogen-bond donors (Lipinski definition) is 1. The molecule has 184 valence electrons. The fourth-order valence-electron chi connectivity index (χ4n) is 11.5. The van der Waals surface area contributed by atoms with Crippen LogP contribution in [0.25, 0.3) is 0 Å². The minimum Gasteiger partial charge on any atom is -0.393 e. The van der Waals surface area contributed by atoms with Crippen LogP contribution in [0.5, 0.6) is 0 Å². The van der Waals surface area contributed by atoms with Gasteiger partial charge in [0.1, 0.15) is 0 Å². The SMILES string of the molecule is CC(C)CC[C@H](C)[C@@H](C)[C@H]1CC[C@@]2(C)[C@@H]3CC[C@H]4C(C)(C)[C@@H](O)CC[C@@]45C[C@@]35CC[C@]12C. The summed E-state index contributed by atoms with van der Waals surface area (Å²) >= 11 is 0. The molecule has 0 radical (unpaired) electrons. The molecule has 0 saturated heterocycles. The average molecular weight is 443 g/mol. The molecule has 1 nitrogen and oxygen atoms in total. The van der Waals surface area contributed by atoms with E-state index in [9.17, 15) is 5.11 Å². The second-order valence-corrected chi connectivity index (χ2v) is 15.3. The molecule has 1 N–H and O–H groups in total. The van der Waals surface area contributed by atoms with Gasteiger partial charge in [-0.15, -0.1) is 0 Å². The lowest BCUT2D eigenvalue weighted by Crippen LogP contribution is -2.57. The number of aliphatic hydroxyl groups excluding tert-OH is 1. The fraction of sp³-hybridized carbons (Fsp3) is 1.00. The van der Waals surface area contributed by atoms with Gasteiger partial charge in [-0.05, 0) is 120 Å². The summed E-state index contributed by atoms with van der Waals surface area (Å²) in [5, 5.41) is 10.9. The van der Waals surface area contributed by atoms with Gasteiger partial charge in [0, 0.05) is 0 Å². The van der Waals surface area contributed by atoms with Gasteiger partial charge < -0.3 is 5.11 Å². The van der Waals surface area contributed by atoms with E-state index in [4.69, 9.17) is 0 Å². The Labute approximate surface area is 199 Å². The first-order chi connectivity index (χ1) is 14.9. The number of aliphatic hydroxyl groups is 1. The largest absolute Gasteiger partial charge is 0.393 e. The Morgan fingerprint density at radius 2 is 1.38 bits per heavy atom. The molecule has 0 bridgehead atoms. The lowest BCUT2D eigenvalue weighted by atomic mass is 9.41. The molecule has 0 aromatic rings. The van der Waals surface area contributed by atoms with Gasteiger partial charge in [-0.2, -0.15) is 0 Å². The molecule has 0 heterocycles. The highest BCUT2D eigenvalue weighted by atomic mass is 16.3. The summed E-state index contributed by atoms with van der Waals surface area (Å²) < 4.78 is 0. The summed E-state index contributed by atoms with van der Waals surface area (Å²) in [6, 6.07) is 0. The molecule has 0 amide bonds. The molecule has 5 rings (SSSR count). The van der Waals surface area contributed by atoms with Crippen LogP contribution in [0.2, 0.25) is 0 Å². The van der Waals surface area contributed by atoms with E-state index in [0.717, 1.165) is 41.9 Å². The highest BCUT2D eigenvalue weighted by Gasteiger charge is 2.82. The monoisotopic (exact) mass is 442 g/mol. The fourth-order valence-corrected chi connectivity index (χ4v) is 11.5. The first-order valence-corrected chi connectivity index (χ1v) is 14.5. The lowest BCUT2D eigenvalue weighted by molar-refractivity contribution is -0.162. The second-order valence-electron chi connectivity index (χ2n) is 15.3. The van der Waals surface area contributed by atoms with E-state index in [-0.39, 0.29) is 11.5 Å². The van der Waals surface area contributed by atoms with Crippen molar-refractivity contribution >= 4 is 0 Å². The highest BCUT2D eigenvalue weighted by molar-refractivity contribution is 5.30. The van der Waals surface area contributed by atoms with Crippen molar-refractivity contribution in [2.24, 2.45) is 62.6 Å². The van der Waals surface area contributed by atoms with E-state index in [1.165, 1.54) is 64.2 Å². The molecule has 10 atom stereocenters. The topological polar surface area (TPSA) is 20.2 Å². The van der Waals surface area contributed by atoms with Crippen LogP contribution in [0.15, 0.2) is 0 Å². The molecule has 5 saturated carbocycles. The van der Waals surface area contributed by atoms with Crippen LogP contribution in [0.1, 0.15) is 126 Å². The van der Waals surface area contributed by atoms with Crippen LogP contribution in [0.3, 0.4) is 0 Å². The zero-order valence-corrected chi connectivity index (χ0v) is 22.8. The molecule has 5 aliphatic carbocycles. The van der Waals surface area contributed by atoms with Gasteiger partial charge in [0.15, 0.2) is 0 Å². The van der Waals surface area contributed by atoms with Gasteiger partial charge in [-0.1, -0.05) is 68.2 Å². The Morgan fingerprint density at radius 3 is 2.06 bits per heavy atom. The van der Waals surface area contributed by atoms with Crippen molar-refractivity contribution in [3.05, 3.63) is 0 Å². The minimum atomic E-state index is -0.0826. The maximum Gasteiger partial charge on any atom is 0.0594 e. The van der Waals surface area contributed by atoms with E-state index in [1.54, 1.807) is 0 Å². The molecule has 0 aliphatic heterocycles. The molecule has 5 aliphatic rings. The van der Waals surface area contributed by atoms with Crippen molar-refractivity contribution in [1.82, 2.24) is 0 Å². The van der Waals surface area contributed by atoms with Crippen LogP contribution in [0, 0.1) is 62.6 Å². The number of fused-ring (bicyclic) bond motifs is 2. The van der Waals surface area contributed by atoms with E-state index in [0.29, 0.717) is 21.7 Å². The Bertz CT molecular complexity index is 739. The third-order valence-electron chi connectivity index (χ3n) is 13.9. The van der Waals surface area contributed by atoms with Crippen molar-refractivity contribution in [1.29, 1.82) is 0 Å². The van der Waals surface area contributed by atoms with Crippen LogP contribution in [-0.4, -0.2) is 11.2 Å². The molecule has 0 aromatic heterocycles. The van der Waals surface area contributed by atoms with Gasteiger partial charge in [-0.3, -0.25) is 0 Å². The third kappa shape index (κ3) is 2.79. The van der Waals surface area contributed by atoms with Gasteiger partial charge in [0.25, 0.3) is 0 Å². The Hall–Kier alpha value is -0.0400. The minimum absolute atomic E-state index is 0.0826. The highest BCUT2D eigenvalue weighted by Crippen LogP contribution is 2.89. The summed E-state index contributed by atoms with van der Waals surface area (Å²) in [7, 11) is 0. The van der Waals surface area contributed by atoms with Gasteiger partial charge in [0.2, 0.25) is 0 Å². The summed E-state index contributed by atoms with van der Waals surface area (Å²) in [6.45, 7) is 20.3. The summed E-state index contributed by atoms with van der Waals surface area (Å²) in [6.07, 6.45) is 15.4. The zero-order chi connectivity index (χ0) is 23.3. The van der Waals surface area contributed by atoms with E-state index in [2.05, 4.69) is 55.4 Å². The summed E-state index contributed by atoms with van der Waals surface area (Å²) in [5.74, 6) is 5.19. The number of rotatable bonds is 5. The molecule has 2 spiro atoms. The number of hydrogen-bond acceptors (Lipinski definition) is 1. The van der Waals surface area contributed by atoms with Crippen LogP contribution in [-0.2, 0) is 0 Å². The predicted molar refractivity (Wildman–Crippen MR) is 135 cm³/mol. The molecule has 0 aromatic carbocycles. The van der Waals surface area contributed by atoms with Crippen LogP contribution in [0.4, 0.5) is 0 Å². The standard InChI is InChI=1S/C31H54O/c1-20(2)9-10-21(3)22(4)23-13-15-29(8)25-12-11-24-27(5,6)26(32)14-16-30(24)19-31(25,30)18-17-28(23,29)7/h20-26,32H,9-19H2,1-8H3/t21-,22+,23+,24-,25-,26-,28+,29-,30+,31-/m0/s1. The summed E-state index contributed by atoms with van der Waals surface area (Å²) in [4.78, 5) is 0. The molecule has 5 fully saturated rings. The van der Waals surface area contributed by atoms with E-state index >= 15 is 0 Å². The lowest BCUT2D eigenvalue weighted by Gasteiger charge is -2.63. The molecular formula is C31H54O. The molecule has 1 heteroatoms. The smallest absolute Gasteiger partial charge is 0.0594 e. The first-order valence-electron chi connectivity index (χ1n) is 14.5. The zero-order valence-electron chi connectivity index (χ0n) is 22.8. The first kappa shape index (κ1) is 23.7. The van der Waals surface area contributed by atoms with Crippen LogP contribution < -0.4 is 0 Å². The third-order valence-corrected chi connectivity index (χ3v) is 13.9. The summed E-state index contributed by atoms with van der Waals surface area (Å²) in [5.41, 5.74) is 2.40. The average Bonchev–Trinajstić information content (AvgIpc) is 3.31. The van der Waals surface area contributed by atoms with Gasteiger partial charge in [0.05, 0.1) is 6.10 Å².